The summed E-state index contributed by atoms with van der Waals surface area (Å²) in [6.45, 7) is 0. The minimum atomic E-state index is -0.225. The average Bonchev–Trinajstić information content (AvgIpc) is 2.69. The molecule has 4 heteroatoms. The van der Waals surface area contributed by atoms with Gasteiger partial charge in [0.05, 0.1) is 16.8 Å². The molecule has 0 bridgehead atoms. The molecule has 1 aromatic heterocycles. The van der Waals surface area contributed by atoms with E-state index in [1.807, 2.05) is 0 Å². The van der Waals surface area contributed by atoms with E-state index in [9.17, 15) is 4.79 Å². The zero-order valence-corrected chi connectivity index (χ0v) is 9.88. The minimum absolute atomic E-state index is 0.225. The van der Waals surface area contributed by atoms with E-state index in [2.05, 4.69) is 15.9 Å². The van der Waals surface area contributed by atoms with Crippen LogP contribution in [0.25, 0.3) is 0 Å². The van der Waals surface area contributed by atoms with E-state index in [1.165, 1.54) is 6.26 Å². The van der Waals surface area contributed by atoms with Crippen molar-refractivity contribution < 1.29 is 9.21 Å². The molecule has 0 aliphatic carbocycles. The lowest BCUT2D eigenvalue weighted by Gasteiger charge is -2.03. The van der Waals surface area contributed by atoms with E-state index in [1.54, 1.807) is 30.3 Å². The summed E-state index contributed by atoms with van der Waals surface area (Å²) in [7, 11) is 0. The fourth-order valence-corrected chi connectivity index (χ4v) is 2.17. The van der Waals surface area contributed by atoms with Gasteiger partial charge in [0.2, 0.25) is 5.78 Å². The van der Waals surface area contributed by atoms with Crippen LogP contribution in [0.15, 0.2) is 45.5 Å². The van der Waals surface area contributed by atoms with E-state index >= 15 is 0 Å². The maximum atomic E-state index is 11.9. The third-order valence-electron chi connectivity index (χ3n) is 1.93. The molecule has 15 heavy (non-hydrogen) atoms. The molecule has 76 valence electrons. The fourth-order valence-electron chi connectivity index (χ4n) is 1.25. The number of carbonyl (C=O) groups excluding carboxylic acids is 1. The molecular formula is C11H6BrClO2. The van der Waals surface area contributed by atoms with Gasteiger partial charge in [-0.3, -0.25) is 4.79 Å². The summed E-state index contributed by atoms with van der Waals surface area (Å²) in [6, 6.07) is 8.48. The number of hydrogen-bond donors (Lipinski definition) is 0. The Bertz CT molecular complexity index is 471. The number of carbonyl (C=O) groups is 1. The summed E-state index contributed by atoms with van der Waals surface area (Å²) in [4.78, 5) is 11.9. The lowest BCUT2D eigenvalue weighted by Crippen LogP contribution is -2.01. The Morgan fingerprint density at radius 2 is 2.07 bits per heavy atom. The molecule has 2 nitrogen and oxygen atoms in total. The van der Waals surface area contributed by atoms with Crippen LogP contribution in [0.3, 0.4) is 0 Å². The molecule has 0 unspecified atom stereocenters. The molecule has 2 rings (SSSR count). The van der Waals surface area contributed by atoms with Crippen LogP contribution in [-0.4, -0.2) is 5.78 Å². The summed E-state index contributed by atoms with van der Waals surface area (Å²) in [5.74, 6) is 0.0567. The van der Waals surface area contributed by atoms with Gasteiger partial charge in [-0.25, -0.2) is 0 Å². The molecule has 0 radical (unpaired) electrons. The highest BCUT2D eigenvalue weighted by Crippen LogP contribution is 2.27. The molecule has 2 aromatic rings. The Balaban J connectivity index is 2.51. The smallest absolute Gasteiger partial charge is 0.230 e. The minimum Gasteiger partial charge on any atom is -0.461 e. The van der Waals surface area contributed by atoms with E-state index in [0.717, 1.165) is 0 Å². The predicted octanol–water partition coefficient (Wildman–Crippen LogP) is 3.93. The quantitative estimate of drug-likeness (QED) is 0.783. The standard InChI is InChI=1S/C11H6BrClO2/c12-7-3-1-4-8(13)10(7)11(14)9-5-2-6-15-9/h1-6H. The normalized spacial score (nSPS) is 10.3. The SMILES string of the molecule is O=C(c1ccco1)c1c(Cl)cccc1Br. The van der Waals surface area contributed by atoms with Gasteiger partial charge in [-0.2, -0.15) is 0 Å². The molecule has 0 N–H and O–H groups in total. The molecule has 0 aliphatic heterocycles. The van der Waals surface area contributed by atoms with Crippen molar-refractivity contribution in [2.24, 2.45) is 0 Å². The Morgan fingerprint density at radius 3 is 2.67 bits per heavy atom. The van der Waals surface area contributed by atoms with Gasteiger partial charge < -0.3 is 4.42 Å². The van der Waals surface area contributed by atoms with Gasteiger partial charge in [0.15, 0.2) is 5.76 Å². The number of ketones is 1. The largest absolute Gasteiger partial charge is 0.461 e. The van der Waals surface area contributed by atoms with Crippen LogP contribution in [-0.2, 0) is 0 Å². The van der Waals surface area contributed by atoms with Gasteiger partial charge in [0, 0.05) is 4.47 Å². The molecule has 0 fully saturated rings. The number of benzene rings is 1. The highest BCUT2D eigenvalue weighted by molar-refractivity contribution is 9.10. The zero-order chi connectivity index (χ0) is 10.8. The van der Waals surface area contributed by atoms with Crippen molar-refractivity contribution in [2.75, 3.05) is 0 Å². The summed E-state index contributed by atoms with van der Waals surface area (Å²) >= 11 is 9.24. The fraction of sp³-hybridized carbons (Fsp3) is 0. The van der Waals surface area contributed by atoms with Gasteiger partial charge in [-0.1, -0.05) is 17.7 Å². The maximum Gasteiger partial charge on any atom is 0.230 e. The first-order valence-corrected chi connectivity index (χ1v) is 5.39. The molecule has 0 spiro atoms. The molecule has 0 aliphatic rings. The molecule has 0 atom stereocenters. The van der Waals surface area contributed by atoms with Crippen LogP contribution in [0.1, 0.15) is 16.1 Å². The van der Waals surface area contributed by atoms with Gasteiger partial charge >= 0.3 is 0 Å². The summed E-state index contributed by atoms with van der Waals surface area (Å²) < 4.78 is 5.69. The molecule has 1 heterocycles. The lowest BCUT2D eigenvalue weighted by atomic mass is 10.1. The number of hydrogen-bond acceptors (Lipinski definition) is 2. The Labute approximate surface area is 100.0 Å². The molecular weight excluding hydrogens is 279 g/mol. The van der Waals surface area contributed by atoms with Crippen LogP contribution in [0.5, 0.6) is 0 Å². The zero-order valence-electron chi connectivity index (χ0n) is 7.54. The van der Waals surface area contributed by atoms with E-state index < -0.39 is 0 Å². The monoisotopic (exact) mass is 284 g/mol. The molecule has 0 amide bonds. The van der Waals surface area contributed by atoms with Crippen molar-refractivity contribution >= 4 is 33.3 Å². The first kappa shape index (κ1) is 10.5. The summed E-state index contributed by atoms with van der Waals surface area (Å²) in [5.41, 5.74) is 0.425. The van der Waals surface area contributed by atoms with Gasteiger partial charge in [0.25, 0.3) is 0 Å². The average molecular weight is 286 g/mol. The number of rotatable bonds is 2. The first-order chi connectivity index (χ1) is 7.20. The van der Waals surface area contributed by atoms with Crippen molar-refractivity contribution in [3.05, 3.63) is 57.4 Å². The number of halogens is 2. The second kappa shape index (κ2) is 4.21. The first-order valence-electron chi connectivity index (χ1n) is 4.22. The van der Waals surface area contributed by atoms with Gasteiger partial charge in [0.1, 0.15) is 0 Å². The maximum absolute atomic E-state index is 11.9. The number of furan rings is 1. The predicted molar refractivity (Wildman–Crippen MR) is 61.3 cm³/mol. The van der Waals surface area contributed by atoms with E-state index in [4.69, 9.17) is 16.0 Å². The van der Waals surface area contributed by atoms with E-state index in [0.29, 0.717) is 15.1 Å². The Hall–Kier alpha value is -1.06. The highest BCUT2D eigenvalue weighted by atomic mass is 79.9. The van der Waals surface area contributed by atoms with Gasteiger partial charge in [-0.05, 0) is 40.2 Å². The topological polar surface area (TPSA) is 30.2 Å². The Morgan fingerprint density at radius 1 is 1.27 bits per heavy atom. The van der Waals surface area contributed by atoms with Crippen LogP contribution in [0, 0.1) is 0 Å². The van der Waals surface area contributed by atoms with Crippen molar-refractivity contribution in [1.82, 2.24) is 0 Å². The van der Waals surface area contributed by atoms with Crippen LogP contribution in [0.2, 0.25) is 5.02 Å². The van der Waals surface area contributed by atoms with E-state index in [-0.39, 0.29) is 11.5 Å². The Kier molecular flexibility index (Phi) is 2.93. The van der Waals surface area contributed by atoms with Crippen molar-refractivity contribution in [3.8, 4) is 0 Å². The van der Waals surface area contributed by atoms with Crippen LogP contribution in [0.4, 0.5) is 0 Å². The second-order valence-electron chi connectivity index (χ2n) is 2.90. The third kappa shape index (κ3) is 1.98. The lowest BCUT2D eigenvalue weighted by molar-refractivity contribution is 0.101. The summed E-state index contributed by atoms with van der Waals surface area (Å²) in [6.07, 6.45) is 1.46. The van der Waals surface area contributed by atoms with Crippen LogP contribution < -0.4 is 0 Å². The van der Waals surface area contributed by atoms with Crippen LogP contribution >= 0.6 is 27.5 Å². The molecule has 0 saturated carbocycles. The third-order valence-corrected chi connectivity index (χ3v) is 2.91. The second-order valence-corrected chi connectivity index (χ2v) is 4.16. The van der Waals surface area contributed by atoms with Gasteiger partial charge in [-0.15, -0.1) is 0 Å². The molecule has 0 saturated heterocycles. The van der Waals surface area contributed by atoms with Crippen molar-refractivity contribution in [2.45, 2.75) is 0 Å². The molecule has 1 aromatic carbocycles. The summed E-state index contributed by atoms with van der Waals surface area (Å²) in [5, 5.41) is 0.408. The van der Waals surface area contributed by atoms with Crippen molar-refractivity contribution in [1.29, 1.82) is 0 Å². The highest BCUT2D eigenvalue weighted by Gasteiger charge is 2.17. The van der Waals surface area contributed by atoms with Crippen molar-refractivity contribution in [3.63, 3.8) is 0 Å².